The first-order valence-corrected chi connectivity index (χ1v) is 8.89. The molecule has 26 heavy (non-hydrogen) atoms. The summed E-state index contributed by atoms with van der Waals surface area (Å²) in [7, 11) is 0. The molecule has 0 radical (unpaired) electrons. The van der Waals surface area contributed by atoms with Crippen molar-refractivity contribution >= 4 is 11.6 Å². The monoisotopic (exact) mass is 340 g/mol. The van der Waals surface area contributed by atoms with Crippen LogP contribution < -0.4 is 0 Å². The average Bonchev–Trinajstić information content (AvgIpc) is 3.45. The standard InChI is InChI=1S/C24H20O2/c1-17-9-8-14-20(15-17)21-16-24(21,22(25)18-10-4-2-5-11-18)23(26)19-12-6-3-7-13-19/h2-15,21H,16H2,1H3. The van der Waals surface area contributed by atoms with Gasteiger partial charge in [-0.15, -0.1) is 0 Å². The fraction of sp³-hybridized carbons (Fsp3) is 0.167. The molecule has 1 unspecified atom stereocenters. The van der Waals surface area contributed by atoms with Crippen molar-refractivity contribution < 1.29 is 9.59 Å². The Hall–Kier alpha value is -3.00. The molecule has 0 N–H and O–H groups in total. The molecule has 1 atom stereocenters. The molecule has 1 aliphatic rings. The normalized spacial score (nSPS) is 17.5. The molecule has 0 aliphatic heterocycles. The van der Waals surface area contributed by atoms with Crippen molar-refractivity contribution in [3.63, 3.8) is 0 Å². The highest BCUT2D eigenvalue weighted by molar-refractivity contribution is 6.23. The summed E-state index contributed by atoms with van der Waals surface area (Å²) in [6.07, 6.45) is 0.567. The summed E-state index contributed by atoms with van der Waals surface area (Å²) in [5.41, 5.74) is 2.43. The molecule has 0 bridgehead atoms. The lowest BCUT2D eigenvalue weighted by Gasteiger charge is -2.16. The zero-order chi connectivity index (χ0) is 18.1. The Kier molecular flexibility index (Phi) is 4.04. The maximum absolute atomic E-state index is 13.4. The average molecular weight is 340 g/mol. The molecule has 0 amide bonds. The zero-order valence-corrected chi connectivity index (χ0v) is 14.7. The van der Waals surface area contributed by atoms with E-state index in [1.807, 2.05) is 61.5 Å². The van der Waals surface area contributed by atoms with Crippen LogP contribution in [-0.2, 0) is 0 Å². The van der Waals surface area contributed by atoms with Crippen molar-refractivity contribution in [3.05, 3.63) is 107 Å². The number of rotatable bonds is 5. The third-order valence-corrected chi connectivity index (χ3v) is 5.29. The molecule has 0 aromatic heterocycles. The molecule has 3 aromatic rings. The quantitative estimate of drug-likeness (QED) is 0.470. The van der Waals surface area contributed by atoms with Gasteiger partial charge in [0.1, 0.15) is 5.41 Å². The van der Waals surface area contributed by atoms with Crippen LogP contribution >= 0.6 is 0 Å². The highest BCUT2D eigenvalue weighted by Crippen LogP contribution is 2.62. The molecule has 1 saturated carbocycles. The van der Waals surface area contributed by atoms with Gasteiger partial charge < -0.3 is 0 Å². The van der Waals surface area contributed by atoms with Crippen LogP contribution in [0.25, 0.3) is 0 Å². The molecule has 2 nitrogen and oxygen atoms in total. The fourth-order valence-electron chi connectivity index (χ4n) is 3.85. The summed E-state index contributed by atoms with van der Waals surface area (Å²) < 4.78 is 0. The van der Waals surface area contributed by atoms with Gasteiger partial charge in [0.05, 0.1) is 0 Å². The molecular weight excluding hydrogens is 320 g/mol. The van der Waals surface area contributed by atoms with Crippen LogP contribution in [0.2, 0.25) is 0 Å². The molecule has 2 heteroatoms. The number of hydrogen-bond donors (Lipinski definition) is 0. The minimum atomic E-state index is -0.990. The van der Waals surface area contributed by atoms with E-state index in [1.54, 1.807) is 24.3 Å². The largest absolute Gasteiger partial charge is 0.293 e. The SMILES string of the molecule is Cc1cccc(C2CC2(C(=O)c2ccccc2)C(=O)c2ccccc2)c1. The zero-order valence-electron chi connectivity index (χ0n) is 14.7. The molecule has 0 saturated heterocycles. The van der Waals surface area contributed by atoms with E-state index in [4.69, 9.17) is 0 Å². The van der Waals surface area contributed by atoms with Gasteiger partial charge in [-0.3, -0.25) is 9.59 Å². The number of aryl methyl sites for hydroxylation is 1. The highest BCUT2D eigenvalue weighted by Gasteiger charge is 2.65. The van der Waals surface area contributed by atoms with E-state index in [9.17, 15) is 9.59 Å². The van der Waals surface area contributed by atoms with Gasteiger partial charge in [-0.1, -0.05) is 90.5 Å². The molecule has 4 rings (SSSR count). The van der Waals surface area contributed by atoms with E-state index in [0.29, 0.717) is 17.5 Å². The van der Waals surface area contributed by atoms with Crippen LogP contribution in [-0.4, -0.2) is 11.6 Å². The summed E-state index contributed by atoms with van der Waals surface area (Å²) >= 11 is 0. The molecule has 1 aliphatic carbocycles. The van der Waals surface area contributed by atoms with Crippen LogP contribution in [0.5, 0.6) is 0 Å². The number of benzene rings is 3. The predicted octanol–water partition coefficient (Wildman–Crippen LogP) is 5.23. The topological polar surface area (TPSA) is 34.1 Å². The maximum Gasteiger partial charge on any atom is 0.177 e. The Bertz CT molecular complexity index is 906. The molecule has 128 valence electrons. The lowest BCUT2D eigenvalue weighted by Crippen LogP contribution is -2.28. The number of carbonyl (C=O) groups is 2. The second kappa shape index (κ2) is 6.38. The molecule has 1 fully saturated rings. The third-order valence-electron chi connectivity index (χ3n) is 5.29. The van der Waals surface area contributed by atoms with Crippen LogP contribution in [0.15, 0.2) is 84.9 Å². The van der Waals surface area contributed by atoms with Crippen LogP contribution in [0, 0.1) is 12.3 Å². The van der Waals surface area contributed by atoms with Gasteiger partial charge in [0, 0.05) is 17.0 Å². The van der Waals surface area contributed by atoms with Crippen molar-refractivity contribution in [2.45, 2.75) is 19.3 Å². The van der Waals surface area contributed by atoms with E-state index in [1.165, 1.54) is 0 Å². The molecule has 3 aromatic carbocycles. The van der Waals surface area contributed by atoms with Gasteiger partial charge in [-0.05, 0) is 18.9 Å². The fourth-order valence-corrected chi connectivity index (χ4v) is 3.85. The second-order valence-corrected chi connectivity index (χ2v) is 7.03. The Balaban J connectivity index is 1.79. The van der Waals surface area contributed by atoms with E-state index >= 15 is 0 Å². The number of Topliss-reactive ketones (excluding diaryl/α,β-unsaturated/α-hetero) is 2. The van der Waals surface area contributed by atoms with Crippen molar-refractivity contribution in [3.8, 4) is 0 Å². The Labute approximate surface area is 153 Å². The van der Waals surface area contributed by atoms with Crippen LogP contribution in [0.3, 0.4) is 0 Å². The number of hydrogen-bond acceptors (Lipinski definition) is 2. The van der Waals surface area contributed by atoms with Gasteiger partial charge in [-0.2, -0.15) is 0 Å². The molecule has 0 heterocycles. The smallest absolute Gasteiger partial charge is 0.177 e. The summed E-state index contributed by atoms with van der Waals surface area (Å²) in [5.74, 6) is -0.209. The van der Waals surface area contributed by atoms with E-state index < -0.39 is 5.41 Å². The van der Waals surface area contributed by atoms with Crippen LogP contribution in [0.1, 0.15) is 44.2 Å². The highest BCUT2D eigenvalue weighted by atomic mass is 16.2. The maximum atomic E-state index is 13.4. The van der Waals surface area contributed by atoms with Gasteiger partial charge >= 0.3 is 0 Å². The van der Waals surface area contributed by atoms with E-state index in [0.717, 1.165) is 11.1 Å². The first kappa shape index (κ1) is 16.5. The first-order valence-electron chi connectivity index (χ1n) is 8.89. The Morgan fingerprint density at radius 1 is 0.769 bits per heavy atom. The second-order valence-electron chi connectivity index (χ2n) is 7.03. The number of ketones is 2. The van der Waals surface area contributed by atoms with E-state index in [2.05, 4.69) is 6.07 Å². The minimum Gasteiger partial charge on any atom is -0.293 e. The third kappa shape index (κ3) is 2.68. The van der Waals surface area contributed by atoms with Gasteiger partial charge in [0.2, 0.25) is 0 Å². The van der Waals surface area contributed by atoms with Gasteiger partial charge in [0.25, 0.3) is 0 Å². The lowest BCUT2D eigenvalue weighted by atomic mass is 9.83. The summed E-state index contributed by atoms with van der Waals surface area (Å²) in [6, 6.07) is 26.5. The van der Waals surface area contributed by atoms with Crippen molar-refractivity contribution in [1.29, 1.82) is 0 Å². The molecule has 0 spiro atoms. The summed E-state index contributed by atoms with van der Waals surface area (Å²) in [5, 5.41) is 0. The summed E-state index contributed by atoms with van der Waals surface area (Å²) in [4.78, 5) is 26.8. The summed E-state index contributed by atoms with van der Waals surface area (Å²) in [6.45, 7) is 2.03. The number of carbonyl (C=O) groups excluding carboxylic acids is 2. The first-order chi connectivity index (χ1) is 12.6. The van der Waals surface area contributed by atoms with Gasteiger partial charge in [0.15, 0.2) is 11.6 Å². The van der Waals surface area contributed by atoms with Gasteiger partial charge in [-0.25, -0.2) is 0 Å². The van der Waals surface area contributed by atoms with Crippen molar-refractivity contribution in [2.24, 2.45) is 5.41 Å². The Morgan fingerprint density at radius 3 is 1.81 bits per heavy atom. The predicted molar refractivity (Wildman–Crippen MR) is 103 cm³/mol. The van der Waals surface area contributed by atoms with Crippen molar-refractivity contribution in [1.82, 2.24) is 0 Å². The van der Waals surface area contributed by atoms with Crippen LogP contribution in [0.4, 0.5) is 0 Å². The minimum absolute atomic E-state index is 0.0668. The van der Waals surface area contributed by atoms with E-state index in [-0.39, 0.29) is 17.5 Å². The lowest BCUT2D eigenvalue weighted by molar-refractivity contribution is 0.0776. The van der Waals surface area contributed by atoms with Crippen molar-refractivity contribution in [2.75, 3.05) is 0 Å². The Morgan fingerprint density at radius 2 is 1.31 bits per heavy atom. The molecular formula is C24H20O2.